The van der Waals surface area contributed by atoms with E-state index in [1.807, 2.05) is 13.8 Å². The standard InChI is InChI=1S/C28H58N6O2/c1-4-5-6-7-8-9-10-11-12-13-14-15-16-17-20-32-27(36)25(19-18-21-33-28(30)31)34-26(35)24(29)22-23(2)3/h23-25H,4-22,29H2,1-3H3,(H,32,36)(H,34,35)(H4,30,31,33)/t24-,25-/m0/s1. The van der Waals surface area contributed by atoms with Gasteiger partial charge in [-0.15, -0.1) is 0 Å². The van der Waals surface area contributed by atoms with Crippen LogP contribution in [0, 0.1) is 5.92 Å². The van der Waals surface area contributed by atoms with Crippen molar-refractivity contribution in [3.8, 4) is 0 Å². The third-order valence-electron chi connectivity index (χ3n) is 6.47. The molecule has 0 bridgehead atoms. The third-order valence-corrected chi connectivity index (χ3v) is 6.47. The van der Waals surface area contributed by atoms with Crippen LogP contribution in [0.25, 0.3) is 0 Å². The molecule has 0 aromatic carbocycles. The molecule has 0 heterocycles. The van der Waals surface area contributed by atoms with Gasteiger partial charge >= 0.3 is 0 Å². The minimum absolute atomic E-state index is 0.0248. The summed E-state index contributed by atoms with van der Waals surface area (Å²) in [4.78, 5) is 29.2. The van der Waals surface area contributed by atoms with E-state index in [-0.39, 0.29) is 17.8 Å². The highest BCUT2D eigenvalue weighted by molar-refractivity contribution is 5.89. The van der Waals surface area contributed by atoms with E-state index >= 15 is 0 Å². The molecule has 0 spiro atoms. The lowest BCUT2D eigenvalue weighted by atomic mass is 10.0. The summed E-state index contributed by atoms with van der Waals surface area (Å²) in [6.45, 7) is 7.33. The number of amides is 2. The average molecular weight is 511 g/mol. The molecule has 0 aliphatic rings. The van der Waals surface area contributed by atoms with Crippen LogP contribution in [-0.4, -0.2) is 42.9 Å². The molecule has 212 valence electrons. The van der Waals surface area contributed by atoms with E-state index in [4.69, 9.17) is 17.2 Å². The Morgan fingerprint density at radius 1 is 0.750 bits per heavy atom. The Hall–Kier alpha value is -1.83. The van der Waals surface area contributed by atoms with Crippen LogP contribution in [0.5, 0.6) is 0 Å². The fourth-order valence-corrected chi connectivity index (χ4v) is 4.32. The summed E-state index contributed by atoms with van der Waals surface area (Å²) in [5, 5.41) is 5.81. The number of nitrogens with one attached hydrogen (secondary N) is 2. The van der Waals surface area contributed by atoms with Crippen molar-refractivity contribution in [3.05, 3.63) is 0 Å². The summed E-state index contributed by atoms with van der Waals surface area (Å²) in [6.07, 6.45) is 19.8. The van der Waals surface area contributed by atoms with E-state index in [1.165, 1.54) is 77.0 Å². The van der Waals surface area contributed by atoms with Crippen molar-refractivity contribution in [1.82, 2.24) is 10.6 Å². The summed E-state index contributed by atoms with van der Waals surface area (Å²) in [6, 6.07) is -1.25. The highest BCUT2D eigenvalue weighted by atomic mass is 16.2. The molecule has 0 rings (SSSR count). The smallest absolute Gasteiger partial charge is 0.242 e. The van der Waals surface area contributed by atoms with Gasteiger partial charge in [0.15, 0.2) is 5.96 Å². The summed E-state index contributed by atoms with van der Waals surface area (Å²) in [5.74, 6) is -0.126. The van der Waals surface area contributed by atoms with E-state index in [9.17, 15) is 9.59 Å². The van der Waals surface area contributed by atoms with Gasteiger partial charge in [0.25, 0.3) is 0 Å². The molecule has 0 aliphatic carbocycles. The van der Waals surface area contributed by atoms with Crippen molar-refractivity contribution in [1.29, 1.82) is 0 Å². The highest BCUT2D eigenvalue weighted by Gasteiger charge is 2.23. The predicted molar refractivity (Wildman–Crippen MR) is 153 cm³/mol. The zero-order valence-corrected chi connectivity index (χ0v) is 23.7. The Morgan fingerprint density at radius 3 is 1.72 bits per heavy atom. The maximum Gasteiger partial charge on any atom is 0.242 e. The van der Waals surface area contributed by atoms with Crippen molar-refractivity contribution in [2.24, 2.45) is 28.1 Å². The summed E-state index contributed by atoms with van der Waals surface area (Å²) < 4.78 is 0. The maximum atomic E-state index is 12.7. The quantitative estimate of drug-likeness (QED) is 0.0736. The molecule has 0 aliphatic heterocycles. The Balaban J connectivity index is 4.06. The Bertz CT molecular complexity index is 578. The number of guanidine groups is 1. The first-order chi connectivity index (χ1) is 17.3. The van der Waals surface area contributed by atoms with Crippen LogP contribution in [0.15, 0.2) is 4.99 Å². The second-order valence-corrected chi connectivity index (χ2v) is 10.6. The summed E-state index contributed by atoms with van der Waals surface area (Å²) >= 11 is 0. The molecule has 0 saturated carbocycles. The van der Waals surface area contributed by atoms with Crippen LogP contribution in [0.2, 0.25) is 0 Å². The molecule has 0 saturated heterocycles. The van der Waals surface area contributed by atoms with Gasteiger partial charge in [0, 0.05) is 13.1 Å². The van der Waals surface area contributed by atoms with Gasteiger partial charge < -0.3 is 27.8 Å². The molecular weight excluding hydrogens is 452 g/mol. The monoisotopic (exact) mass is 510 g/mol. The second kappa shape index (κ2) is 23.6. The van der Waals surface area contributed by atoms with Gasteiger partial charge in [-0.25, -0.2) is 0 Å². The van der Waals surface area contributed by atoms with Crippen molar-refractivity contribution in [2.75, 3.05) is 13.1 Å². The lowest BCUT2D eigenvalue weighted by Gasteiger charge is -2.21. The average Bonchev–Trinajstić information content (AvgIpc) is 2.82. The van der Waals surface area contributed by atoms with Crippen molar-refractivity contribution < 1.29 is 9.59 Å². The van der Waals surface area contributed by atoms with E-state index in [0.29, 0.717) is 38.3 Å². The van der Waals surface area contributed by atoms with Crippen LogP contribution in [0.1, 0.15) is 130 Å². The molecule has 8 nitrogen and oxygen atoms in total. The van der Waals surface area contributed by atoms with Gasteiger partial charge in [0.2, 0.25) is 11.8 Å². The minimum atomic E-state index is -0.628. The largest absolute Gasteiger partial charge is 0.370 e. The molecule has 0 aromatic rings. The predicted octanol–water partition coefficient (Wildman–Crippen LogP) is 4.50. The first-order valence-corrected chi connectivity index (χ1v) is 14.7. The molecule has 2 atom stereocenters. The number of aliphatic imine (C=N–C) groups is 1. The first kappa shape index (κ1) is 34.2. The van der Waals surface area contributed by atoms with Gasteiger partial charge in [0.05, 0.1) is 6.04 Å². The summed E-state index contributed by atoms with van der Waals surface area (Å²) in [7, 11) is 0. The van der Waals surface area contributed by atoms with Gasteiger partial charge in [-0.1, -0.05) is 104 Å². The number of hydrogen-bond donors (Lipinski definition) is 5. The molecule has 0 radical (unpaired) electrons. The number of carbonyl (C=O) groups is 2. The fraction of sp³-hybridized carbons (Fsp3) is 0.893. The van der Waals surface area contributed by atoms with E-state index in [0.717, 1.165) is 12.8 Å². The van der Waals surface area contributed by atoms with Crippen molar-refractivity contribution in [2.45, 2.75) is 142 Å². The van der Waals surface area contributed by atoms with Crippen molar-refractivity contribution in [3.63, 3.8) is 0 Å². The number of rotatable bonds is 24. The molecule has 0 aromatic heterocycles. The second-order valence-electron chi connectivity index (χ2n) is 10.6. The Morgan fingerprint density at radius 2 is 1.25 bits per heavy atom. The minimum Gasteiger partial charge on any atom is -0.370 e. The molecular formula is C28H58N6O2. The van der Waals surface area contributed by atoms with Gasteiger partial charge in [-0.3, -0.25) is 14.6 Å². The molecule has 8 heteroatoms. The number of nitrogens with two attached hydrogens (primary N) is 3. The zero-order chi connectivity index (χ0) is 27.0. The molecule has 36 heavy (non-hydrogen) atoms. The number of nitrogens with zero attached hydrogens (tertiary/aromatic N) is 1. The van der Waals surface area contributed by atoms with Gasteiger partial charge in [0.1, 0.15) is 6.04 Å². The number of carbonyl (C=O) groups excluding carboxylic acids is 2. The van der Waals surface area contributed by atoms with E-state index in [1.54, 1.807) is 0 Å². The van der Waals surface area contributed by atoms with Crippen LogP contribution < -0.4 is 27.8 Å². The Kier molecular flexibility index (Phi) is 22.4. The Labute approximate surface area is 221 Å². The lowest BCUT2D eigenvalue weighted by molar-refractivity contribution is -0.130. The maximum absolute atomic E-state index is 12.7. The molecule has 0 fully saturated rings. The third kappa shape index (κ3) is 21.5. The van der Waals surface area contributed by atoms with E-state index < -0.39 is 12.1 Å². The highest BCUT2D eigenvalue weighted by Crippen LogP contribution is 2.13. The summed E-state index contributed by atoms with van der Waals surface area (Å²) in [5.41, 5.74) is 16.7. The van der Waals surface area contributed by atoms with Crippen LogP contribution in [-0.2, 0) is 9.59 Å². The topological polar surface area (TPSA) is 149 Å². The zero-order valence-electron chi connectivity index (χ0n) is 23.7. The number of hydrogen-bond acceptors (Lipinski definition) is 4. The normalized spacial score (nSPS) is 12.8. The number of unbranched alkanes of at least 4 members (excludes halogenated alkanes) is 13. The lowest BCUT2D eigenvalue weighted by Crippen LogP contribution is -2.52. The van der Waals surface area contributed by atoms with Crippen LogP contribution >= 0.6 is 0 Å². The van der Waals surface area contributed by atoms with Gasteiger partial charge in [-0.05, 0) is 31.6 Å². The SMILES string of the molecule is CCCCCCCCCCCCCCCCNC(=O)[C@H](CCCN=C(N)N)NC(=O)[C@@H](N)CC(C)C. The van der Waals surface area contributed by atoms with Crippen LogP contribution in [0.3, 0.4) is 0 Å². The van der Waals surface area contributed by atoms with E-state index in [2.05, 4.69) is 22.5 Å². The van der Waals surface area contributed by atoms with Gasteiger partial charge in [-0.2, -0.15) is 0 Å². The fourth-order valence-electron chi connectivity index (χ4n) is 4.32. The molecule has 8 N–H and O–H groups in total. The first-order valence-electron chi connectivity index (χ1n) is 14.7. The molecule has 0 unspecified atom stereocenters. The van der Waals surface area contributed by atoms with Crippen molar-refractivity contribution >= 4 is 17.8 Å². The van der Waals surface area contributed by atoms with Crippen LogP contribution in [0.4, 0.5) is 0 Å². The molecule has 2 amide bonds.